The van der Waals surface area contributed by atoms with E-state index in [2.05, 4.69) is 20.7 Å². The molecule has 0 bridgehead atoms. The van der Waals surface area contributed by atoms with Crippen LogP contribution in [0.2, 0.25) is 0 Å². The molecule has 33 heavy (non-hydrogen) atoms. The Morgan fingerprint density at radius 2 is 2.12 bits per heavy atom. The summed E-state index contributed by atoms with van der Waals surface area (Å²) in [6.07, 6.45) is 1.53. The number of hydrogen-bond acceptors (Lipinski definition) is 9. The molecule has 2 aliphatic heterocycles. The maximum Gasteiger partial charge on any atom is 1.00 e. The van der Waals surface area contributed by atoms with Crippen molar-refractivity contribution in [2.75, 3.05) is 11.5 Å². The molecule has 1 saturated heterocycles. The normalized spacial score (nSPS) is 20.4. The van der Waals surface area contributed by atoms with E-state index >= 15 is 0 Å². The number of aliphatic hydroxyl groups excluding tert-OH is 1. The molecule has 0 radical (unpaired) electrons. The van der Waals surface area contributed by atoms with E-state index in [0.717, 1.165) is 0 Å². The summed E-state index contributed by atoms with van der Waals surface area (Å²) in [4.78, 5) is 38.5. The molecule has 3 atom stereocenters. The van der Waals surface area contributed by atoms with E-state index in [1.165, 1.54) is 34.6 Å². The van der Waals surface area contributed by atoms with Crippen LogP contribution in [-0.2, 0) is 21.0 Å². The summed E-state index contributed by atoms with van der Waals surface area (Å²) >= 11 is 2.71. The summed E-state index contributed by atoms with van der Waals surface area (Å²) in [5, 5.41) is 31.7. The van der Waals surface area contributed by atoms with Crippen molar-refractivity contribution in [3.05, 3.63) is 52.9 Å². The fraction of sp³-hybridized carbons (Fsp3) is 0.316. The van der Waals surface area contributed by atoms with Crippen molar-refractivity contribution >= 4 is 41.3 Å². The van der Waals surface area contributed by atoms with Crippen molar-refractivity contribution in [2.45, 2.75) is 29.1 Å². The predicted molar refractivity (Wildman–Crippen MR) is 117 cm³/mol. The third-order valence-corrected chi connectivity index (χ3v) is 7.46. The molecule has 0 aliphatic carbocycles. The van der Waals surface area contributed by atoms with E-state index in [4.69, 9.17) is 10.8 Å². The SMILES string of the molecule is NC(C(=O)NC1C(=O)N2C(C(=O)O)=C(CSc3cn[nH]n3)CS[C@H]12)c1ccc(CO)cc1.[H-].[Na+]. The van der Waals surface area contributed by atoms with Gasteiger partial charge < -0.3 is 22.7 Å². The number of nitrogens with one attached hydrogen (secondary N) is 2. The van der Waals surface area contributed by atoms with Gasteiger partial charge in [0, 0.05) is 11.5 Å². The van der Waals surface area contributed by atoms with Crippen LogP contribution in [0.1, 0.15) is 18.6 Å². The summed E-state index contributed by atoms with van der Waals surface area (Å²) in [6.45, 7) is -0.120. The molecule has 170 valence electrons. The molecule has 6 N–H and O–H groups in total. The summed E-state index contributed by atoms with van der Waals surface area (Å²) in [7, 11) is 0. The standard InChI is InChI=1S/C19H20N6O5S2.Na.H/c20-13(10-3-1-9(6-26)2-4-10)16(27)22-14-17(28)25-15(19(29)30)11(8-32-18(14)25)7-31-12-5-21-24-23-12;;/h1-5,13-14,18,26H,6-8,20H2,(H,22,27)(H,29,30)(H,21,23,24);;/q;+1;-1/t13?,14?,18-;;/m1../s1. The molecule has 1 aromatic carbocycles. The second-order valence-electron chi connectivity index (χ2n) is 7.13. The first kappa shape index (κ1) is 25.7. The maximum absolute atomic E-state index is 12.8. The molecule has 2 aliphatic rings. The molecule has 3 heterocycles. The van der Waals surface area contributed by atoms with Gasteiger partial charge in [-0.1, -0.05) is 36.0 Å². The molecule has 14 heteroatoms. The number of amides is 2. The zero-order valence-electron chi connectivity index (χ0n) is 18.6. The molecule has 0 spiro atoms. The van der Waals surface area contributed by atoms with Crippen molar-refractivity contribution in [1.29, 1.82) is 0 Å². The number of β-lactam (4-membered cyclic amide) rings is 1. The zero-order chi connectivity index (χ0) is 22.8. The number of nitrogens with zero attached hydrogens (tertiary/aromatic N) is 3. The number of carbonyl (C=O) groups is 3. The number of aliphatic carboxylic acids is 1. The Labute approximate surface area is 220 Å². The van der Waals surface area contributed by atoms with E-state index in [-0.39, 0.29) is 43.3 Å². The van der Waals surface area contributed by atoms with E-state index in [1.54, 1.807) is 24.3 Å². The Hall–Kier alpha value is -1.87. The first-order valence-electron chi connectivity index (χ1n) is 9.55. The van der Waals surface area contributed by atoms with Gasteiger partial charge in [-0.25, -0.2) is 4.79 Å². The summed E-state index contributed by atoms with van der Waals surface area (Å²) in [5.41, 5.74) is 7.81. The van der Waals surface area contributed by atoms with Crippen LogP contribution in [0.4, 0.5) is 0 Å². The monoisotopic (exact) mass is 500 g/mol. The van der Waals surface area contributed by atoms with Gasteiger partial charge in [-0.2, -0.15) is 10.3 Å². The van der Waals surface area contributed by atoms with Crippen LogP contribution in [0, 0.1) is 0 Å². The molecule has 1 fully saturated rings. The van der Waals surface area contributed by atoms with Gasteiger partial charge in [-0.3, -0.25) is 14.5 Å². The molecule has 2 amide bonds. The Bertz CT molecular complexity index is 1070. The van der Waals surface area contributed by atoms with E-state index in [1.807, 2.05) is 0 Å². The Kier molecular flexibility index (Phi) is 8.61. The van der Waals surface area contributed by atoms with Crippen LogP contribution in [-0.4, -0.2) is 71.2 Å². The first-order chi connectivity index (χ1) is 15.4. The fourth-order valence-corrected chi connectivity index (χ4v) is 5.71. The fourth-order valence-electron chi connectivity index (χ4n) is 3.44. The molecular formula is C19H21N6NaO5S2. The number of thioether (sulfide) groups is 2. The number of H-pyrrole nitrogens is 1. The van der Waals surface area contributed by atoms with Crippen LogP contribution >= 0.6 is 23.5 Å². The van der Waals surface area contributed by atoms with E-state index in [9.17, 15) is 19.5 Å². The van der Waals surface area contributed by atoms with Gasteiger partial charge in [0.1, 0.15) is 28.2 Å². The number of nitrogens with two attached hydrogens (primary N) is 1. The van der Waals surface area contributed by atoms with Crippen molar-refractivity contribution in [3.63, 3.8) is 0 Å². The number of fused-ring (bicyclic) bond motifs is 1. The van der Waals surface area contributed by atoms with Crippen LogP contribution in [0.25, 0.3) is 0 Å². The molecule has 11 nitrogen and oxygen atoms in total. The van der Waals surface area contributed by atoms with Crippen LogP contribution in [0.5, 0.6) is 0 Å². The molecule has 2 aromatic rings. The largest absolute Gasteiger partial charge is 1.00 e. The number of carboxylic acids is 1. The molecule has 4 rings (SSSR count). The topological polar surface area (TPSA) is 175 Å². The Morgan fingerprint density at radius 1 is 1.39 bits per heavy atom. The van der Waals surface area contributed by atoms with Gasteiger partial charge in [0.15, 0.2) is 0 Å². The quantitative estimate of drug-likeness (QED) is 0.142. The number of rotatable bonds is 8. The van der Waals surface area contributed by atoms with Crippen molar-refractivity contribution in [2.24, 2.45) is 5.73 Å². The molecule has 1 aromatic heterocycles. The van der Waals surface area contributed by atoms with E-state index < -0.39 is 35.2 Å². The van der Waals surface area contributed by atoms with Crippen molar-refractivity contribution < 1.29 is 55.6 Å². The summed E-state index contributed by atoms with van der Waals surface area (Å²) in [5.74, 6) is -1.45. The summed E-state index contributed by atoms with van der Waals surface area (Å²) in [6, 6.07) is 4.77. The molecule has 2 unspecified atom stereocenters. The minimum atomic E-state index is -1.19. The van der Waals surface area contributed by atoms with Crippen LogP contribution in [0.3, 0.4) is 0 Å². The second-order valence-corrected chi connectivity index (χ2v) is 9.23. The number of aliphatic hydroxyl groups is 1. The molecular weight excluding hydrogens is 479 g/mol. The minimum absolute atomic E-state index is 0. The second kappa shape index (κ2) is 11.0. The minimum Gasteiger partial charge on any atom is -1.00 e. The predicted octanol–water partition coefficient (Wildman–Crippen LogP) is -3.06. The van der Waals surface area contributed by atoms with Gasteiger partial charge in [0.2, 0.25) is 5.91 Å². The van der Waals surface area contributed by atoms with Gasteiger partial charge in [0.25, 0.3) is 5.91 Å². The van der Waals surface area contributed by atoms with Crippen LogP contribution in [0.15, 0.2) is 46.8 Å². The van der Waals surface area contributed by atoms with Crippen molar-refractivity contribution in [1.82, 2.24) is 25.6 Å². The average molecular weight is 501 g/mol. The average Bonchev–Trinajstić information content (AvgIpc) is 3.33. The van der Waals surface area contributed by atoms with Gasteiger partial charge in [0.05, 0.1) is 12.8 Å². The number of aromatic nitrogens is 3. The zero-order valence-corrected chi connectivity index (χ0v) is 21.2. The number of hydrogen-bond donors (Lipinski definition) is 5. The number of carboxylic acid groups (broad SMARTS) is 1. The summed E-state index contributed by atoms with van der Waals surface area (Å²) < 4.78 is 0. The smallest absolute Gasteiger partial charge is 1.00 e. The number of aromatic amines is 1. The number of benzene rings is 1. The molecule has 0 saturated carbocycles. The Balaban J connectivity index is 0.00000204. The first-order valence-corrected chi connectivity index (χ1v) is 11.6. The van der Waals surface area contributed by atoms with Gasteiger partial charge >= 0.3 is 35.5 Å². The van der Waals surface area contributed by atoms with Gasteiger partial charge in [-0.05, 0) is 16.7 Å². The Morgan fingerprint density at radius 3 is 2.73 bits per heavy atom. The number of carbonyl (C=O) groups excluding carboxylic acids is 2. The van der Waals surface area contributed by atoms with Crippen LogP contribution < -0.4 is 40.6 Å². The van der Waals surface area contributed by atoms with E-state index in [0.29, 0.717) is 33.2 Å². The third-order valence-electron chi connectivity index (χ3n) is 5.14. The maximum atomic E-state index is 12.8. The third kappa shape index (κ3) is 5.29. The van der Waals surface area contributed by atoms with Crippen molar-refractivity contribution in [3.8, 4) is 0 Å². The van der Waals surface area contributed by atoms with Gasteiger partial charge in [-0.15, -0.1) is 16.9 Å².